The predicted octanol–water partition coefficient (Wildman–Crippen LogP) is 4.95. The van der Waals surface area contributed by atoms with Gasteiger partial charge in [0.2, 0.25) is 0 Å². The SMILES string of the molecule is C=C(C)CCC(C)(CCC)CCC. The average molecular weight is 182 g/mol. The van der Waals surface area contributed by atoms with Crippen molar-refractivity contribution in [1.82, 2.24) is 0 Å². The van der Waals surface area contributed by atoms with Gasteiger partial charge in [0, 0.05) is 0 Å². The molecule has 0 bridgehead atoms. The zero-order chi connectivity index (χ0) is 10.3. The van der Waals surface area contributed by atoms with Gasteiger partial charge in [-0.25, -0.2) is 0 Å². The van der Waals surface area contributed by atoms with E-state index in [1.807, 2.05) is 0 Å². The van der Waals surface area contributed by atoms with Crippen LogP contribution >= 0.6 is 0 Å². The monoisotopic (exact) mass is 182 g/mol. The summed E-state index contributed by atoms with van der Waals surface area (Å²) in [5.41, 5.74) is 1.90. The van der Waals surface area contributed by atoms with Gasteiger partial charge in [-0.15, -0.1) is 6.58 Å². The number of allylic oxidation sites excluding steroid dienone is 1. The highest BCUT2D eigenvalue weighted by atomic mass is 14.3. The van der Waals surface area contributed by atoms with Gasteiger partial charge in [-0.05, 0) is 38.0 Å². The Morgan fingerprint density at radius 2 is 1.54 bits per heavy atom. The van der Waals surface area contributed by atoms with Crippen molar-refractivity contribution in [3.63, 3.8) is 0 Å². The highest BCUT2D eigenvalue weighted by Gasteiger charge is 2.21. The molecular weight excluding hydrogens is 156 g/mol. The Labute approximate surface area is 84.4 Å². The van der Waals surface area contributed by atoms with Crippen LogP contribution in [0.2, 0.25) is 0 Å². The molecule has 0 heterocycles. The van der Waals surface area contributed by atoms with Gasteiger partial charge in [-0.1, -0.05) is 39.2 Å². The first kappa shape index (κ1) is 12.7. The second-order valence-corrected chi connectivity index (χ2v) is 4.77. The fraction of sp³-hybridized carbons (Fsp3) is 0.846. The topological polar surface area (TPSA) is 0 Å². The maximum atomic E-state index is 3.98. The van der Waals surface area contributed by atoms with Crippen molar-refractivity contribution in [2.75, 3.05) is 0 Å². The van der Waals surface area contributed by atoms with Gasteiger partial charge in [0.05, 0.1) is 0 Å². The van der Waals surface area contributed by atoms with E-state index in [0.29, 0.717) is 5.41 Å². The summed E-state index contributed by atoms with van der Waals surface area (Å²) >= 11 is 0. The Bertz CT molecular complexity index is 138. The third kappa shape index (κ3) is 5.90. The van der Waals surface area contributed by atoms with E-state index in [2.05, 4.69) is 34.3 Å². The molecule has 0 aromatic rings. The molecule has 0 rings (SSSR count). The van der Waals surface area contributed by atoms with E-state index in [1.165, 1.54) is 44.1 Å². The lowest BCUT2D eigenvalue weighted by molar-refractivity contribution is 0.244. The van der Waals surface area contributed by atoms with Gasteiger partial charge in [0.15, 0.2) is 0 Å². The number of hydrogen-bond acceptors (Lipinski definition) is 0. The van der Waals surface area contributed by atoms with E-state index in [4.69, 9.17) is 0 Å². The molecule has 0 spiro atoms. The van der Waals surface area contributed by atoms with Crippen LogP contribution in [0.5, 0.6) is 0 Å². The smallest absolute Gasteiger partial charge is 0.0321 e. The second-order valence-electron chi connectivity index (χ2n) is 4.77. The van der Waals surface area contributed by atoms with Gasteiger partial charge in [-0.2, -0.15) is 0 Å². The Morgan fingerprint density at radius 3 is 1.85 bits per heavy atom. The third-order valence-electron chi connectivity index (χ3n) is 2.86. The van der Waals surface area contributed by atoms with Crippen molar-refractivity contribution in [3.8, 4) is 0 Å². The van der Waals surface area contributed by atoms with Crippen LogP contribution in [-0.4, -0.2) is 0 Å². The molecule has 0 aliphatic carbocycles. The average Bonchev–Trinajstić information content (AvgIpc) is 2.02. The molecule has 0 amide bonds. The minimum absolute atomic E-state index is 0.572. The van der Waals surface area contributed by atoms with Crippen molar-refractivity contribution in [2.24, 2.45) is 5.41 Å². The van der Waals surface area contributed by atoms with Gasteiger partial charge in [0.1, 0.15) is 0 Å². The van der Waals surface area contributed by atoms with Crippen LogP contribution in [0.4, 0.5) is 0 Å². The summed E-state index contributed by atoms with van der Waals surface area (Å²) in [6, 6.07) is 0. The fourth-order valence-corrected chi connectivity index (χ4v) is 2.10. The minimum atomic E-state index is 0.572. The van der Waals surface area contributed by atoms with Crippen LogP contribution in [-0.2, 0) is 0 Å². The minimum Gasteiger partial charge on any atom is -0.100 e. The maximum absolute atomic E-state index is 3.98. The molecule has 0 heteroatoms. The van der Waals surface area contributed by atoms with Crippen LogP contribution in [0.15, 0.2) is 12.2 Å². The Hall–Kier alpha value is -0.260. The molecule has 0 fully saturated rings. The summed E-state index contributed by atoms with van der Waals surface area (Å²) in [4.78, 5) is 0. The van der Waals surface area contributed by atoms with Crippen molar-refractivity contribution < 1.29 is 0 Å². The first-order valence-corrected chi connectivity index (χ1v) is 5.68. The predicted molar refractivity (Wildman–Crippen MR) is 62.0 cm³/mol. The number of hydrogen-bond donors (Lipinski definition) is 0. The maximum Gasteiger partial charge on any atom is -0.0321 e. The van der Waals surface area contributed by atoms with Crippen molar-refractivity contribution in [3.05, 3.63) is 12.2 Å². The van der Waals surface area contributed by atoms with Crippen LogP contribution in [0.1, 0.15) is 66.2 Å². The van der Waals surface area contributed by atoms with Crippen LogP contribution in [0, 0.1) is 5.41 Å². The molecule has 0 radical (unpaired) electrons. The van der Waals surface area contributed by atoms with Crippen molar-refractivity contribution in [1.29, 1.82) is 0 Å². The fourth-order valence-electron chi connectivity index (χ4n) is 2.10. The second kappa shape index (κ2) is 6.23. The summed E-state index contributed by atoms with van der Waals surface area (Å²) in [7, 11) is 0. The van der Waals surface area contributed by atoms with Crippen LogP contribution in [0.3, 0.4) is 0 Å². The highest BCUT2D eigenvalue weighted by molar-refractivity contribution is 4.90. The van der Waals surface area contributed by atoms with Gasteiger partial charge < -0.3 is 0 Å². The van der Waals surface area contributed by atoms with E-state index in [-0.39, 0.29) is 0 Å². The van der Waals surface area contributed by atoms with Gasteiger partial charge >= 0.3 is 0 Å². The summed E-state index contributed by atoms with van der Waals surface area (Å²) in [5.74, 6) is 0. The summed E-state index contributed by atoms with van der Waals surface area (Å²) < 4.78 is 0. The van der Waals surface area contributed by atoms with Crippen LogP contribution < -0.4 is 0 Å². The van der Waals surface area contributed by atoms with E-state index < -0.39 is 0 Å². The first-order valence-electron chi connectivity index (χ1n) is 5.68. The van der Waals surface area contributed by atoms with Gasteiger partial charge in [-0.3, -0.25) is 0 Å². The van der Waals surface area contributed by atoms with E-state index in [0.717, 1.165) is 0 Å². The molecule has 0 N–H and O–H groups in total. The molecule has 0 aromatic heterocycles. The summed E-state index contributed by atoms with van der Waals surface area (Å²) in [6.07, 6.45) is 7.89. The molecule has 0 saturated heterocycles. The van der Waals surface area contributed by atoms with Crippen LogP contribution in [0.25, 0.3) is 0 Å². The molecule has 0 atom stereocenters. The zero-order valence-corrected chi connectivity index (χ0v) is 9.95. The Balaban J connectivity index is 3.98. The molecule has 0 nitrogen and oxygen atoms in total. The summed E-state index contributed by atoms with van der Waals surface area (Å²) in [6.45, 7) is 13.1. The van der Waals surface area contributed by atoms with E-state index in [1.54, 1.807) is 0 Å². The quantitative estimate of drug-likeness (QED) is 0.489. The molecular formula is C13H26. The van der Waals surface area contributed by atoms with Gasteiger partial charge in [0.25, 0.3) is 0 Å². The molecule has 0 aromatic carbocycles. The first-order chi connectivity index (χ1) is 6.04. The number of rotatable bonds is 7. The largest absolute Gasteiger partial charge is 0.100 e. The summed E-state index contributed by atoms with van der Waals surface area (Å²) in [5, 5.41) is 0. The van der Waals surface area contributed by atoms with E-state index in [9.17, 15) is 0 Å². The highest BCUT2D eigenvalue weighted by Crippen LogP contribution is 2.35. The standard InChI is InChI=1S/C13H26/c1-6-9-13(5,10-7-2)11-8-12(3)4/h3,6-11H2,1-2,4-5H3. The van der Waals surface area contributed by atoms with E-state index >= 15 is 0 Å². The Morgan fingerprint density at radius 1 is 1.08 bits per heavy atom. The normalized spacial score (nSPS) is 11.7. The molecule has 0 saturated carbocycles. The zero-order valence-electron chi connectivity index (χ0n) is 9.95. The molecule has 13 heavy (non-hydrogen) atoms. The third-order valence-corrected chi connectivity index (χ3v) is 2.86. The van der Waals surface area contributed by atoms with Crippen molar-refractivity contribution in [2.45, 2.75) is 66.2 Å². The van der Waals surface area contributed by atoms with Crippen molar-refractivity contribution >= 4 is 0 Å². The molecule has 0 unspecified atom stereocenters. The molecule has 0 aliphatic heterocycles. The Kier molecular flexibility index (Phi) is 6.11. The molecule has 78 valence electrons. The molecule has 0 aliphatic rings. The lowest BCUT2D eigenvalue weighted by atomic mass is 9.77. The lowest BCUT2D eigenvalue weighted by Crippen LogP contribution is -2.15. The lowest BCUT2D eigenvalue weighted by Gasteiger charge is -2.29.